The number of carboxylic acids is 1. The average molecular weight is 329 g/mol. The van der Waals surface area contributed by atoms with E-state index in [1.54, 1.807) is 12.5 Å². The maximum absolute atomic E-state index is 10.1. The topological polar surface area (TPSA) is 55.1 Å². The van der Waals surface area contributed by atoms with E-state index in [0.29, 0.717) is 31.8 Å². The predicted molar refractivity (Wildman–Crippen MR) is 34.7 cm³/mol. The minimum absolute atomic E-state index is 0.0275. The van der Waals surface area contributed by atoms with Crippen molar-refractivity contribution in [2.75, 3.05) is 0 Å². The van der Waals surface area contributed by atoms with Crippen LogP contribution < -0.4 is 0 Å². The molecule has 1 aromatic rings. The zero-order chi connectivity index (χ0) is 7.56. The van der Waals surface area contributed by atoms with Crippen LogP contribution in [-0.4, -0.2) is 44.5 Å². The fourth-order valence-electron chi connectivity index (χ4n) is 0.626. The molecule has 0 unspecified atom stereocenters. The van der Waals surface area contributed by atoms with Crippen molar-refractivity contribution in [1.29, 1.82) is 0 Å². The van der Waals surface area contributed by atoms with Gasteiger partial charge in [-0.1, -0.05) is 0 Å². The van der Waals surface area contributed by atoms with Crippen molar-refractivity contribution >= 4 is 32.0 Å². The molecule has 0 bridgehead atoms. The van der Waals surface area contributed by atoms with Crippen LogP contribution in [0.2, 0.25) is 0 Å². The average Bonchev–Trinajstić information content (AvgIpc) is 2.13. The van der Waals surface area contributed by atoms with Crippen LogP contribution in [0.15, 0.2) is 12.5 Å². The zero-order valence-corrected chi connectivity index (χ0v) is 9.68. The molecule has 0 aromatic carbocycles. The Morgan fingerprint density at radius 2 is 2.60 bits per heavy atom. The molecule has 1 N–H and O–H groups in total. The number of aromatic nitrogens is 2. The Balaban J connectivity index is 2.67. The van der Waals surface area contributed by atoms with Gasteiger partial charge >= 0.3 is 73.9 Å². The molecule has 0 aliphatic carbocycles. The molecule has 0 aliphatic rings. The fraction of sp³-hybridized carbons (Fsp3) is 0.200. The standard InChI is InChI=1S/C5H6N2O2.Tl/c8-5(9)1-4-2-6-3-7-4;/h2-3H,1H2,(H2,6,7,8,9);/q;+1/p-1. The summed E-state index contributed by atoms with van der Waals surface area (Å²) < 4.78 is 1.89. The van der Waals surface area contributed by atoms with E-state index in [1.807, 2.05) is 2.38 Å². The molecule has 10 heavy (non-hydrogen) atoms. The zero-order valence-electron chi connectivity index (χ0n) is 5.19. The Labute approximate surface area is 74.0 Å². The van der Waals surface area contributed by atoms with Crippen LogP contribution in [0.4, 0.5) is 0 Å². The third-order valence-corrected chi connectivity index (χ3v) is 2.09. The van der Waals surface area contributed by atoms with Crippen molar-refractivity contribution in [2.45, 2.75) is 6.42 Å². The van der Waals surface area contributed by atoms with E-state index >= 15 is 0 Å². The molecule has 0 spiro atoms. The van der Waals surface area contributed by atoms with E-state index in [9.17, 15) is 4.79 Å². The number of imidazole rings is 1. The summed E-state index contributed by atoms with van der Waals surface area (Å²) in [6.45, 7) is 0. The molecule has 5 heteroatoms. The van der Waals surface area contributed by atoms with Gasteiger partial charge in [0.15, 0.2) is 0 Å². The van der Waals surface area contributed by atoms with Gasteiger partial charge in [0.25, 0.3) is 0 Å². The van der Waals surface area contributed by atoms with Crippen LogP contribution in [0.3, 0.4) is 0 Å². The molecule has 0 aliphatic heterocycles. The van der Waals surface area contributed by atoms with Gasteiger partial charge in [0.1, 0.15) is 0 Å². The molecular formula is C5H5N2O2Tl. The molecule has 50 valence electrons. The van der Waals surface area contributed by atoms with Crippen molar-refractivity contribution in [3.05, 3.63) is 18.2 Å². The molecule has 1 aromatic heterocycles. The summed E-state index contributed by atoms with van der Waals surface area (Å²) in [5.74, 6) is -0.830. The maximum atomic E-state index is 10.1. The van der Waals surface area contributed by atoms with E-state index in [-0.39, 0.29) is 6.42 Å². The van der Waals surface area contributed by atoms with E-state index < -0.39 is 5.97 Å². The monoisotopic (exact) mass is 330 g/mol. The Bertz CT molecular complexity index is 246. The second-order valence-corrected chi connectivity index (χ2v) is 4.20. The second-order valence-electron chi connectivity index (χ2n) is 1.88. The van der Waals surface area contributed by atoms with Gasteiger partial charge in [0, 0.05) is 0 Å². The van der Waals surface area contributed by atoms with Crippen LogP contribution in [0.1, 0.15) is 5.69 Å². The normalized spacial score (nSPS) is 9.50. The van der Waals surface area contributed by atoms with Gasteiger partial charge in [-0.15, -0.1) is 0 Å². The summed E-state index contributed by atoms with van der Waals surface area (Å²) in [5, 5.41) is 8.34. The molecule has 0 radical (unpaired) electrons. The summed E-state index contributed by atoms with van der Waals surface area (Å²) in [4.78, 5) is 14.0. The first-order chi connectivity index (χ1) is 4.68. The Morgan fingerprint density at radius 3 is 3.00 bits per heavy atom. The first-order valence-electron chi connectivity index (χ1n) is 2.68. The van der Waals surface area contributed by atoms with Crippen molar-refractivity contribution in [3.63, 3.8) is 0 Å². The summed E-state index contributed by atoms with van der Waals surface area (Å²) >= 11 is 0.667. The number of hydrogen-bond donors (Lipinski definition) is 1. The molecule has 4 nitrogen and oxygen atoms in total. The minimum atomic E-state index is -0.830. The first-order valence-corrected chi connectivity index (χ1v) is 4.69. The van der Waals surface area contributed by atoms with Crippen LogP contribution >= 0.6 is 0 Å². The summed E-state index contributed by atoms with van der Waals surface area (Å²) in [6, 6.07) is 0. The Hall–Kier alpha value is -0.398. The SMILES string of the molecule is O=C(O)Cc1c[n]([Tl])cn1. The van der Waals surface area contributed by atoms with Gasteiger partial charge in [-0.25, -0.2) is 0 Å². The molecule has 0 saturated carbocycles. The number of rotatable bonds is 2. The van der Waals surface area contributed by atoms with E-state index in [1.165, 1.54) is 0 Å². The van der Waals surface area contributed by atoms with Gasteiger partial charge in [0.2, 0.25) is 0 Å². The van der Waals surface area contributed by atoms with Gasteiger partial charge in [-0.3, -0.25) is 0 Å². The Morgan fingerprint density at radius 1 is 1.90 bits per heavy atom. The number of carboxylic acid groups (broad SMARTS) is 1. The number of carbonyl (C=O) groups is 1. The summed E-state index contributed by atoms with van der Waals surface area (Å²) in [6.07, 6.45) is 3.45. The van der Waals surface area contributed by atoms with E-state index in [2.05, 4.69) is 4.98 Å². The fourth-order valence-corrected chi connectivity index (χ4v) is 1.55. The second kappa shape index (κ2) is 3.13. The van der Waals surface area contributed by atoms with Crippen LogP contribution in [0, 0.1) is 0 Å². The Kier molecular flexibility index (Phi) is 2.41. The molecule has 0 saturated heterocycles. The molecule has 1 heterocycles. The molecule has 1 rings (SSSR count). The van der Waals surface area contributed by atoms with Crippen LogP contribution in [-0.2, 0) is 11.2 Å². The molecule has 0 fully saturated rings. The predicted octanol–water partition coefficient (Wildman–Crippen LogP) is -0.558. The molecular weight excluding hydrogens is 324 g/mol. The van der Waals surface area contributed by atoms with E-state index in [0.717, 1.165) is 0 Å². The van der Waals surface area contributed by atoms with Crippen LogP contribution in [0.25, 0.3) is 0 Å². The van der Waals surface area contributed by atoms with Gasteiger partial charge in [-0.05, 0) is 0 Å². The number of aliphatic carboxylic acids is 1. The van der Waals surface area contributed by atoms with Crippen molar-refractivity contribution < 1.29 is 9.90 Å². The number of nitrogens with zero attached hydrogens (tertiary/aromatic N) is 2. The number of hydrogen-bond acceptors (Lipinski definition) is 2. The first kappa shape index (κ1) is 7.71. The van der Waals surface area contributed by atoms with Crippen molar-refractivity contribution in [2.24, 2.45) is 0 Å². The third kappa shape index (κ3) is 2.09. The third-order valence-electron chi connectivity index (χ3n) is 0.987. The van der Waals surface area contributed by atoms with Crippen molar-refractivity contribution in [1.82, 2.24) is 7.36 Å². The quantitative estimate of drug-likeness (QED) is 0.740. The van der Waals surface area contributed by atoms with E-state index in [4.69, 9.17) is 5.11 Å². The van der Waals surface area contributed by atoms with Gasteiger partial charge in [-0.2, -0.15) is 0 Å². The van der Waals surface area contributed by atoms with Crippen molar-refractivity contribution in [3.8, 4) is 0 Å². The molecule has 0 atom stereocenters. The van der Waals surface area contributed by atoms with Gasteiger partial charge in [0.05, 0.1) is 0 Å². The molecule has 0 amide bonds. The summed E-state index contributed by atoms with van der Waals surface area (Å²) in [7, 11) is 0. The van der Waals surface area contributed by atoms with Crippen LogP contribution in [0.5, 0.6) is 0 Å². The van der Waals surface area contributed by atoms with Gasteiger partial charge < -0.3 is 0 Å². The summed E-state index contributed by atoms with van der Waals surface area (Å²) in [5.41, 5.74) is 0.634.